The molecule has 0 aliphatic heterocycles. The van der Waals surface area contributed by atoms with E-state index in [-0.39, 0.29) is 23.2 Å². The molecule has 0 spiro atoms. The molecule has 0 saturated heterocycles. The summed E-state index contributed by atoms with van der Waals surface area (Å²) in [6, 6.07) is 14.7. The van der Waals surface area contributed by atoms with Crippen LogP contribution in [-0.2, 0) is 30.2 Å². The summed E-state index contributed by atoms with van der Waals surface area (Å²) >= 11 is 1.17. The van der Waals surface area contributed by atoms with Crippen molar-refractivity contribution in [3.8, 4) is 0 Å². The van der Waals surface area contributed by atoms with Crippen molar-refractivity contribution in [2.24, 2.45) is 14.1 Å². The zero-order chi connectivity index (χ0) is 26.0. The molecule has 186 valence electrons. The topological polar surface area (TPSA) is 120 Å². The van der Waals surface area contributed by atoms with Crippen LogP contribution in [0, 0.1) is 6.92 Å². The highest BCUT2D eigenvalue weighted by Gasteiger charge is 2.20. The maximum atomic E-state index is 13.0. The largest absolute Gasteiger partial charge is 0.332 e. The van der Waals surface area contributed by atoms with E-state index in [9.17, 15) is 19.2 Å². The Hall–Kier alpha value is -4.12. The molecule has 0 aliphatic rings. The summed E-state index contributed by atoms with van der Waals surface area (Å²) in [6.45, 7) is 3.76. The average Bonchev–Trinajstić information content (AvgIpc) is 3.19. The normalized spacial score (nSPS) is 11.0. The van der Waals surface area contributed by atoms with Crippen molar-refractivity contribution >= 4 is 46.1 Å². The quantitative estimate of drug-likeness (QED) is 0.372. The Morgan fingerprint density at radius 3 is 2.31 bits per heavy atom. The lowest BCUT2D eigenvalue weighted by molar-refractivity contribution is -0.114. The van der Waals surface area contributed by atoms with Crippen LogP contribution in [0.3, 0.4) is 0 Å². The lowest BCUT2D eigenvalue weighted by Crippen LogP contribution is -2.37. The molecule has 10 nitrogen and oxygen atoms in total. The predicted octanol–water partition coefficient (Wildman–Crippen LogP) is 2.48. The van der Waals surface area contributed by atoms with E-state index < -0.39 is 11.2 Å². The Bertz CT molecular complexity index is 1580. The third kappa shape index (κ3) is 5.25. The number of fused-ring (bicyclic) bond motifs is 1. The molecule has 0 radical (unpaired) electrons. The number of carbonyl (C=O) groups is 2. The summed E-state index contributed by atoms with van der Waals surface area (Å²) in [5.41, 5.74) is 2.83. The van der Waals surface area contributed by atoms with Gasteiger partial charge >= 0.3 is 5.69 Å². The minimum atomic E-state index is -0.471. The number of benzene rings is 2. The first-order chi connectivity index (χ1) is 17.1. The molecule has 2 N–H and O–H groups in total. The maximum Gasteiger partial charge on any atom is 0.332 e. The lowest BCUT2D eigenvalue weighted by Gasteiger charge is -2.10. The van der Waals surface area contributed by atoms with Gasteiger partial charge in [-0.25, -0.2) is 9.78 Å². The van der Waals surface area contributed by atoms with Crippen LogP contribution in [0.5, 0.6) is 0 Å². The molecule has 4 rings (SSSR count). The van der Waals surface area contributed by atoms with Gasteiger partial charge in [0.1, 0.15) is 0 Å². The number of aryl methyl sites for hydroxylation is 2. The summed E-state index contributed by atoms with van der Waals surface area (Å²) < 4.78 is 4.13. The van der Waals surface area contributed by atoms with Crippen molar-refractivity contribution in [3.05, 3.63) is 80.5 Å². The first-order valence-corrected chi connectivity index (χ1v) is 12.1. The standard InChI is InChI=1S/C25H26N6O4S/c1-15-8-10-17(11-9-15)13-31-21-22(29(3)25(35)30(4)23(21)34)28-24(31)36-14-20(33)27-19-7-5-6-18(12-19)26-16(2)32/h5-12H,13-14H2,1-4H3,(H,26,32)(H,27,33). The minimum Gasteiger partial charge on any atom is -0.326 e. The number of imidazole rings is 1. The maximum absolute atomic E-state index is 13.0. The Kier molecular flexibility index (Phi) is 7.11. The molecule has 0 atom stereocenters. The zero-order valence-electron chi connectivity index (χ0n) is 20.4. The van der Waals surface area contributed by atoms with E-state index in [4.69, 9.17) is 0 Å². The van der Waals surface area contributed by atoms with Gasteiger partial charge in [-0.15, -0.1) is 0 Å². The lowest BCUT2D eigenvalue weighted by atomic mass is 10.1. The van der Waals surface area contributed by atoms with Gasteiger partial charge in [-0.2, -0.15) is 0 Å². The SMILES string of the molecule is CC(=O)Nc1cccc(NC(=O)CSc2nc3c(c(=O)n(C)c(=O)n3C)n2Cc2ccc(C)cc2)c1. The summed E-state index contributed by atoms with van der Waals surface area (Å²) in [4.78, 5) is 54.1. The highest BCUT2D eigenvalue weighted by Crippen LogP contribution is 2.24. The second-order valence-corrected chi connectivity index (χ2v) is 9.39. The van der Waals surface area contributed by atoms with Crippen LogP contribution < -0.4 is 21.9 Å². The number of aromatic nitrogens is 4. The molecule has 4 aromatic rings. The van der Waals surface area contributed by atoms with E-state index in [1.165, 1.54) is 30.3 Å². The predicted molar refractivity (Wildman–Crippen MR) is 141 cm³/mol. The van der Waals surface area contributed by atoms with Gasteiger partial charge in [0.15, 0.2) is 16.3 Å². The third-order valence-electron chi connectivity index (χ3n) is 5.57. The van der Waals surface area contributed by atoms with Crippen molar-refractivity contribution in [1.82, 2.24) is 18.7 Å². The summed E-state index contributed by atoms with van der Waals surface area (Å²) in [6.07, 6.45) is 0. The number of amides is 2. The number of nitrogens with one attached hydrogen (secondary N) is 2. The number of hydrogen-bond acceptors (Lipinski definition) is 6. The Balaban J connectivity index is 1.63. The highest BCUT2D eigenvalue weighted by atomic mass is 32.2. The molecule has 2 heterocycles. The molecule has 2 amide bonds. The third-order valence-corrected chi connectivity index (χ3v) is 6.55. The van der Waals surface area contributed by atoms with Crippen LogP contribution in [0.25, 0.3) is 11.2 Å². The second-order valence-electron chi connectivity index (χ2n) is 8.44. The van der Waals surface area contributed by atoms with Crippen molar-refractivity contribution < 1.29 is 9.59 Å². The van der Waals surface area contributed by atoms with E-state index in [0.29, 0.717) is 28.6 Å². The van der Waals surface area contributed by atoms with Gasteiger partial charge < -0.3 is 15.2 Å². The molecular formula is C25H26N6O4S. The van der Waals surface area contributed by atoms with E-state index in [0.717, 1.165) is 15.7 Å². The van der Waals surface area contributed by atoms with Crippen molar-refractivity contribution in [1.29, 1.82) is 0 Å². The van der Waals surface area contributed by atoms with Crippen LogP contribution >= 0.6 is 11.8 Å². The van der Waals surface area contributed by atoms with Crippen molar-refractivity contribution in [2.75, 3.05) is 16.4 Å². The zero-order valence-corrected chi connectivity index (χ0v) is 21.2. The number of anilines is 2. The van der Waals surface area contributed by atoms with Gasteiger partial charge in [-0.3, -0.25) is 23.5 Å². The smallest absolute Gasteiger partial charge is 0.326 e. The van der Waals surface area contributed by atoms with E-state index >= 15 is 0 Å². The molecule has 2 aromatic carbocycles. The van der Waals surface area contributed by atoms with E-state index in [1.54, 1.807) is 35.9 Å². The average molecular weight is 507 g/mol. The summed E-state index contributed by atoms with van der Waals surface area (Å²) in [5.74, 6) is -0.465. The fourth-order valence-electron chi connectivity index (χ4n) is 3.76. The van der Waals surface area contributed by atoms with Crippen LogP contribution in [-0.4, -0.2) is 36.3 Å². The van der Waals surface area contributed by atoms with Crippen LogP contribution in [0.2, 0.25) is 0 Å². The van der Waals surface area contributed by atoms with E-state index in [2.05, 4.69) is 15.6 Å². The van der Waals surface area contributed by atoms with Gasteiger partial charge in [-0.05, 0) is 30.7 Å². The molecule has 0 fully saturated rings. The molecule has 0 aliphatic carbocycles. The van der Waals surface area contributed by atoms with Crippen molar-refractivity contribution in [3.63, 3.8) is 0 Å². The second kappa shape index (κ2) is 10.2. The molecule has 2 aromatic heterocycles. The number of hydrogen-bond donors (Lipinski definition) is 2. The first-order valence-electron chi connectivity index (χ1n) is 11.2. The number of carbonyl (C=O) groups excluding carboxylic acids is 2. The number of thioether (sulfide) groups is 1. The fourth-order valence-corrected chi connectivity index (χ4v) is 4.56. The molecule has 0 bridgehead atoms. The number of nitrogens with zero attached hydrogens (tertiary/aromatic N) is 4. The molecule has 0 unspecified atom stereocenters. The van der Waals surface area contributed by atoms with Gasteiger partial charge in [0.05, 0.1) is 12.3 Å². The van der Waals surface area contributed by atoms with Crippen LogP contribution in [0.4, 0.5) is 11.4 Å². The molecule has 36 heavy (non-hydrogen) atoms. The Morgan fingerprint density at radius 2 is 1.64 bits per heavy atom. The van der Waals surface area contributed by atoms with Gasteiger partial charge in [0, 0.05) is 32.4 Å². The van der Waals surface area contributed by atoms with Gasteiger partial charge in [-0.1, -0.05) is 47.7 Å². The minimum absolute atomic E-state index is 0.0237. The van der Waals surface area contributed by atoms with Gasteiger partial charge in [0.2, 0.25) is 11.8 Å². The van der Waals surface area contributed by atoms with Gasteiger partial charge in [0.25, 0.3) is 5.56 Å². The molecule has 11 heteroatoms. The Morgan fingerprint density at radius 1 is 0.972 bits per heavy atom. The molecular weight excluding hydrogens is 480 g/mol. The monoisotopic (exact) mass is 506 g/mol. The first kappa shape index (κ1) is 25.0. The summed E-state index contributed by atoms with van der Waals surface area (Å²) in [7, 11) is 3.00. The summed E-state index contributed by atoms with van der Waals surface area (Å²) in [5, 5.41) is 5.93. The molecule has 0 saturated carbocycles. The van der Waals surface area contributed by atoms with Crippen LogP contribution in [0.15, 0.2) is 63.3 Å². The van der Waals surface area contributed by atoms with Crippen molar-refractivity contribution in [2.45, 2.75) is 25.5 Å². The van der Waals surface area contributed by atoms with E-state index in [1.807, 2.05) is 31.2 Å². The number of rotatable bonds is 7. The fraction of sp³-hybridized carbons (Fsp3) is 0.240. The highest BCUT2D eigenvalue weighted by molar-refractivity contribution is 7.99. The van der Waals surface area contributed by atoms with Crippen LogP contribution in [0.1, 0.15) is 18.1 Å². The Labute approximate surface area is 211 Å².